The van der Waals surface area contributed by atoms with E-state index in [0.717, 1.165) is 31.7 Å². The monoisotopic (exact) mass is 280 g/mol. The van der Waals surface area contributed by atoms with Crippen molar-refractivity contribution in [1.29, 1.82) is 0 Å². The summed E-state index contributed by atoms with van der Waals surface area (Å²) in [4.78, 5) is 11.1. The van der Waals surface area contributed by atoms with Crippen LogP contribution in [0.25, 0.3) is 0 Å². The highest BCUT2D eigenvalue weighted by atomic mass is 32.1. The van der Waals surface area contributed by atoms with Crippen LogP contribution in [0.1, 0.15) is 30.7 Å². The van der Waals surface area contributed by atoms with Crippen LogP contribution in [0, 0.1) is 6.92 Å². The zero-order valence-corrected chi connectivity index (χ0v) is 12.2. The van der Waals surface area contributed by atoms with Gasteiger partial charge in [0.1, 0.15) is 10.7 Å². The van der Waals surface area contributed by atoms with E-state index in [2.05, 4.69) is 9.97 Å². The minimum atomic E-state index is 0.260. The van der Waals surface area contributed by atoms with Crippen molar-refractivity contribution in [1.82, 2.24) is 9.97 Å². The number of anilines is 1. The van der Waals surface area contributed by atoms with E-state index >= 15 is 0 Å². The Kier molecular flexibility index (Phi) is 4.66. The van der Waals surface area contributed by atoms with Gasteiger partial charge in [-0.1, -0.05) is 12.2 Å². The zero-order valence-electron chi connectivity index (χ0n) is 11.4. The summed E-state index contributed by atoms with van der Waals surface area (Å²) in [6.45, 7) is 3.56. The van der Waals surface area contributed by atoms with Gasteiger partial charge in [0.25, 0.3) is 0 Å². The first kappa shape index (κ1) is 14.1. The molecule has 1 aliphatic heterocycles. The number of hydrogen-bond acceptors (Lipinski definition) is 5. The van der Waals surface area contributed by atoms with Crippen LogP contribution < -0.4 is 10.6 Å². The first-order valence-electron chi connectivity index (χ1n) is 6.54. The highest BCUT2D eigenvalue weighted by molar-refractivity contribution is 7.80. The molecule has 1 fully saturated rings. The molecular weight excluding hydrogens is 260 g/mol. The molecule has 1 aromatic rings. The normalized spacial score (nSPS) is 19.2. The molecule has 19 heavy (non-hydrogen) atoms. The van der Waals surface area contributed by atoms with Gasteiger partial charge in [-0.25, -0.2) is 9.97 Å². The van der Waals surface area contributed by atoms with Crippen molar-refractivity contribution in [2.75, 3.05) is 25.1 Å². The highest BCUT2D eigenvalue weighted by Crippen LogP contribution is 2.16. The Labute approximate surface area is 119 Å². The van der Waals surface area contributed by atoms with Crippen LogP contribution in [0.3, 0.4) is 0 Å². The van der Waals surface area contributed by atoms with Gasteiger partial charge >= 0.3 is 0 Å². The van der Waals surface area contributed by atoms with Gasteiger partial charge in [-0.05, 0) is 32.3 Å². The van der Waals surface area contributed by atoms with E-state index in [0.29, 0.717) is 16.6 Å². The predicted molar refractivity (Wildman–Crippen MR) is 79.5 cm³/mol. The Hall–Kier alpha value is -1.27. The summed E-state index contributed by atoms with van der Waals surface area (Å²) in [6.07, 6.45) is 3.74. The van der Waals surface area contributed by atoms with Crippen LogP contribution >= 0.6 is 12.2 Å². The average Bonchev–Trinajstić information content (AvgIpc) is 2.39. The standard InChI is InChI=1S/C13H20N4OS/c1-9-7-11(12(14)19)16-13(15-9)17(2)8-10-5-3-4-6-18-10/h7,10H,3-6,8H2,1-2H3,(H2,14,19). The smallest absolute Gasteiger partial charge is 0.226 e. The third kappa shape index (κ3) is 3.84. The van der Waals surface area contributed by atoms with Crippen molar-refractivity contribution < 1.29 is 4.74 Å². The van der Waals surface area contributed by atoms with E-state index in [4.69, 9.17) is 22.7 Å². The molecule has 0 aromatic carbocycles. The molecule has 2 rings (SSSR count). The topological polar surface area (TPSA) is 64.3 Å². The predicted octanol–water partition coefficient (Wildman–Crippen LogP) is 1.42. The summed E-state index contributed by atoms with van der Waals surface area (Å²) in [5.74, 6) is 0.650. The molecule has 0 bridgehead atoms. The minimum absolute atomic E-state index is 0.260. The van der Waals surface area contributed by atoms with E-state index in [1.807, 2.05) is 18.9 Å². The summed E-state index contributed by atoms with van der Waals surface area (Å²) in [5, 5.41) is 0. The molecule has 1 atom stereocenters. The number of likely N-dealkylation sites (N-methyl/N-ethyl adjacent to an activating group) is 1. The third-order valence-electron chi connectivity index (χ3n) is 3.19. The van der Waals surface area contributed by atoms with Crippen LogP contribution in [0.5, 0.6) is 0 Å². The van der Waals surface area contributed by atoms with Crippen molar-refractivity contribution in [3.8, 4) is 0 Å². The van der Waals surface area contributed by atoms with Crippen molar-refractivity contribution in [3.05, 3.63) is 17.5 Å². The quantitative estimate of drug-likeness (QED) is 0.842. The molecule has 0 spiro atoms. The zero-order chi connectivity index (χ0) is 13.8. The fourth-order valence-corrected chi connectivity index (χ4v) is 2.29. The van der Waals surface area contributed by atoms with E-state index in [-0.39, 0.29) is 6.10 Å². The van der Waals surface area contributed by atoms with Gasteiger partial charge < -0.3 is 15.4 Å². The van der Waals surface area contributed by atoms with E-state index in [1.54, 1.807) is 6.07 Å². The van der Waals surface area contributed by atoms with Crippen LogP contribution in [0.4, 0.5) is 5.95 Å². The molecule has 1 aliphatic rings. The minimum Gasteiger partial charge on any atom is -0.388 e. The second-order valence-corrected chi connectivity index (χ2v) is 5.37. The number of ether oxygens (including phenoxy) is 1. The molecule has 5 nitrogen and oxygen atoms in total. The maximum absolute atomic E-state index is 5.73. The first-order valence-corrected chi connectivity index (χ1v) is 6.95. The number of thiocarbonyl (C=S) groups is 1. The number of aryl methyl sites for hydroxylation is 1. The summed E-state index contributed by atoms with van der Waals surface area (Å²) in [7, 11) is 1.97. The van der Waals surface area contributed by atoms with Gasteiger partial charge in [-0.15, -0.1) is 0 Å². The lowest BCUT2D eigenvalue weighted by Gasteiger charge is -2.27. The van der Waals surface area contributed by atoms with Crippen molar-refractivity contribution >= 4 is 23.2 Å². The molecule has 6 heteroatoms. The molecule has 0 aliphatic carbocycles. The third-order valence-corrected chi connectivity index (χ3v) is 3.40. The van der Waals surface area contributed by atoms with Gasteiger partial charge in [0.05, 0.1) is 6.10 Å². The molecule has 0 amide bonds. The lowest BCUT2D eigenvalue weighted by molar-refractivity contribution is 0.0214. The molecule has 1 aromatic heterocycles. The maximum atomic E-state index is 5.73. The molecular formula is C13H20N4OS. The van der Waals surface area contributed by atoms with Gasteiger partial charge in [0.2, 0.25) is 5.95 Å². The fraction of sp³-hybridized carbons (Fsp3) is 0.615. The van der Waals surface area contributed by atoms with E-state index in [1.165, 1.54) is 6.42 Å². The number of aromatic nitrogens is 2. The molecule has 1 saturated heterocycles. The maximum Gasteiger partial charge on any atom is 0.226 e. The number of hydrogen-bond donors (Lipinski definition) is 1. The lowest BCUT2D eigenvalue weighted by Crippen LogP contribution is -2.34. The highest BCUT2D eigenvalue weighted by Gasteiger charge is 2.18. The van der Waals surface area contributed by atoms with E-state index < -0.39 is 0 Å². The van der Waals surface area contributed by atoms with Gasteiger partial charge in [0, 0.05) is 25.9 Å². The Morgan fingerprint density at radius 3 is 2.95 bits per heavy atom. The largest absolute Gasteiger partial charge is 0.388 e. The first-order chi connectivity index (χ1) is 9.06. The summed E-state index contributed by atoms with van der Waals surface area (Å²) in [6, 6.07) is 1.80. The van der Waals surface area contributed by atoms with Gasteiger partial charge in [-0.2, -0.15) is 0 Å². The van der Waals surface area contributed by atoms with Crippen LogP contribution in [-0.4, -0.2) is 41.3 Å². The molecule has 0 radical (unpaired) electrons. The molecule has 2 N–H and O–H groups in total. The Balaban J connectivity index is 2.09. The Morgan fingerprint density at radius 2 is 2.32 bits per heavy atom. The Morgan fingerprint density at radius 1 is 1.53 bits per heavy atom. The Bertz CT molecular complexity index is 460. The summed E-state index contributed by atoms with van der Waals surface area (Å²) >= 11 is 4.97. The van der Waals surface area contributed by atoms with Crippen molar-refractivity contribution in [2.45, 2.75) is 32.3 Å². The van der Waals surface area contributed by atoms with Gasteiger partial charge in [0.15, 0.2) is 0 Å². The van der Waals surface area contributed by atoms with E-state index in [9.17, 15) is 0 Å². The molecule has 2 heterocycles. The SMILES string of the molecule is Cc1cc(C(N)=S)nc(N(C)CC2CCCCO2)n1. The number of nitrogens with zero attached hydrogens (tertiary/aromatic N) is 3. The number of nitrogens with two attached hydrogens (primary N) is 1. The van der Waals surface area contributed by atoms with Gasteiger partial charge in [-0.3, -0.25) is 0 Å². The molecule has 104 valence electrons. The number of rotatable bonds is 4. The second kappa shape index (κ2) is 6.25. The molecule has 1 unspecified atom stereocenters. The van der Waals surface area contributed by atoms with Crippen LogP contribution in [0.2, 0.25) is 0 Å². The van der Waals surface area contributed by atoms with Crippen molar-refractivity contribution in [2.24, 2.45) is 5.73 Å². The van der Waals surface area contributed by atoms with Crippen LogP contribution in [0.15, 0.2) is 6.07 Å². The lowest BCUT2D eigenvalue weighted by atomic mass is 10.1. The second-order valence-electron chi connectivity index (χ2n) is 4.93. The average molecular weight is 280 g/mol. The summed E-state index contributed by atoms with van der Waals surface area (Å²) in [5.41, 5.74) is 7.12. The fourth-order valence-electron chi connectivity index (χ4n) is 2.19. The van der Waals surface area contributed by atoms with Crippen molar-refractivity contribution in [3.63, 3.8) is 0 Å². The van der Waals surface area contributed by atoms with Crippen LogP contribution in [-0.2, 0) is 4.74 Å². The molecule has 0 saturated carbocycles. The summed E-state index contributed by atoms with van der Waals surface area (Å²) < 4.78 is 5.73.